The van der Waals surface area contributed by atoms with E-state index in [2.05, 4.69) is 194 Å². The van der Waals surface area contributed by atoms with Gasteiger partial charge in [-0.1, -0.05) is 72.8 Å². The molecule has 58 heavy (non-hydrogen) atoms. The lowest BCUT2D eigenvalue weighted by Crippen LogP contribution is -2.09. The van der Waals surface area contributed by atoms with Crippen LogP contribution in [0.2, 0.25) is 0 Å². The lowest BCUT2D eigenvalue weighted by Gasteiger charge is -2.26. The predicted octanol–water partition coefficient (Wildman–Crippen LogP) is 15.2. The van der Waals surface area contributed by atoms with E-state index in [4.69, 9.17) is 8.83 Å². The highest BCUT2D eigenvalue weighted by Gasteiger charge is 2.22. The average Bonchev–Trinajstić information content (AvgIpc) is 3.78. The van der Waals surface area contributed by atoms with Gasteiger partial charge in [-0.05, 0) is 150 Å². The van der Waals surface area contributed by atoms with Crippen molar-refractivity contribution in [2.24, 2.45) is 0 Å². The molecule has 11 rings (SSSR count). The van der Waals surface area contributed by atoms with Gasteiger partial charge in [0.15, 0.2) is 11.2 Å². The molecular weight excluding hydrogens is 711 g/mol. The van der Waals surface area contributed by atoms with Crippen LogP contribution in [0.5, 0.6) is 0 Å². The highest BCUT2D eigenvalue weighted by Crippen LogP contribution is 2.44. The molecule has 0 N–H and O–H groups in total. The molecule has 11 aromatic rings. The van der Waals surface area contributed by atoms with Crippen LogP contribution in [0.25, 0.3) is 65.4 Å². The highest BCUT2D eigenvalue weighted by atomic mass is 16.3. The molecule has 0 spiro atoms. The van der Waals surface area contributed by atoms with E-state index in [9.17, 15) is 5.26 Å². The number of nitrogens with zero attached hydrogens (tertiary/aromatic N) is 3. The second kappa shape index (κ2) is 13.2. The molecule has 0 aliphatic carbocycles. The van der Waals surface area contributed by atoms with Crippen molar-refractivity contribution in [3.8, 4) is 6.07 Å². The van der Waals surface area contributed by atoms with Crippen molar-refractivity contribution in [3.63, 3.8) is 0 Å². The van der Waals surface area contributed by atoms with E-state index in [0.717, 1.165) is 88.4 Å². The summed E-state index contributed by atoms with van der Waals surface area (Å²) in [5, 5.41) is 18.6. The molecule has 2 aromatic heterocycles. The van der Waals surface area contributed by atoms with E-state index in [1.807, 2.05) is 12.1 Å². The Morgan fingerprint density at radius 2 is 0.810 bits per heavy atom. The van der Waals surface area contributed by atoms with Gasteiger partial charge in [-0.15, -0.1) is 0 Å². The zero-order valence-corrected chi connectivity index (χ0v) is 31.9. The third-order valence-corrected chi connectivity index (χ3v) is 11.3. The van der Waals surface area contributed by atoms with Gasteiger partial charge >= 0.3 is 0 Å². The fourth-order valence-corrected chi connectivity index (χ4v) is 8.56. The number of benzene rings is 9. The smallest absolute Gasteiger partial charge is 0.157 e. The summed E-state index contributed by atoms with van der Waals surface area (Å²) < 4.78 is 13.2. The maximum absolute atomic E-state index is 10.6. The number of anilines is 6. The topological polar surface area (TPSA) is 56.6 Å². The van der Waals surface area contributed by atoms with Crippen molar-refractivity contribution in [1.29, 1.82) is 5.26 Å². The molecular formula is C53H35N3O2. The van der Waals surface area contributed by atoms with E-state index in [-0.39, 0.29) is 0 Å². The Bertz CT molecular complexity index is 3230. The zero-order valence-electron chi connectivity index (χ0n) is 31.9. The third kappa shape index (κ3) is 5.46. The number of para-hydroxylation sites is 2. The van der Waals surface area contributed by atoms with Crippen LogP contribution in [0.1, 0.15) is 16.7 Å². The number of aryl methyl sites for hydroxylation is 2. The van der Waals surface area contributed by atoms with Gasteiger partial charge in [0.25, 0.3) is 0 Å². The summed E-state index contributed by atoms with van der Waals surface area (Å²) in [6, 6.07) is 64.2. The Kier molecular flexibility index (Phi) is 7.60. The van der Waals surface area contributed by atoms with Crippen LogP contribution in [0.15, 0.2) is 185 Å². The van der Waals surface area contributed by atoms with Crippen molar-refractivity contribution in [2.45, 2.75) is 13.8 Å². The van der Waals surface area contributed by atoms with Crippen molar-refractivity contribution in [1.82, 2.24) is 0 Å². The van der Waals surface area contributed by atoms with Crippen molar-refractivity contribution < 1.29 is 8.83 Å². The highest BCUT2D eigenvalue weighted by molar-refractivity contribution is 6.20. The summed E-state index contributed by atoms with van der Waals surface area (Å²) in [7, 11) is 0. The van der Waals surface area contributed by atoms with E-state index < -0.39 is 0 Å². The van der Waals surface area contributed by atoms with Crippen molar-refractivity contribution >= 4 is 99.5 Å². The number of rotatable bonds is 6. The molecule has 0 fully saturated rings. The van der Waals surface area contributed by atoms with Crippen LogP contribution in [0.4, 0.5) is 34.1 Å². The molecule has 0 aliphatic rings. The number of fused-ring (bicyclic) bond motifs is 8. The lowest BCUT2D eigenvalue weighted by atomic mass is 10.0. The Morgan fingerprint density at radius 1 is 0.379 bits per heavy atom. The van der Waals surface area contributed by atoms with Gasteiger partial charge in [-0.3, -0.25) is 0 Å². The SMILES string of the molecule is Cc1cccc(N(c2ccccc2)c2ccc3cc4c(cc3c2)oc2c(C#N)c3oc5cc6cc(N(c7ccccc7)c7cccc(C)c7)ccc6cc5c3cc24)c1. The van der Waals surface area contributed by atoms with Gasteiger partial charge in [0.1, 0.15) is 22.8 Å². The second-order valence-electron chi connectivity index (χ2n) is 15.1. The quantitative estimate of drug-likeness (QED) is 0.170. The van der Waals surface area contributed by atoms with Crippen LogP contribution in [-0.4, -0.2) is 0 Å². The van der Waals surface area contributed by atoms with E-state index in [1.165, 1.54) is 11.1 Å². The van der Waals surface area contributed by atoms with E-state index >= 15 is 0 Å². The molecule has 5 nitrogen and oxygen atoms in total. The largest absolute Gasteiger partial charge is 0.454 e. The van der Waals surface area contributed by atoms with Crippen LogP contribution in [-0.2, 0) is 0 Å². The molecule has 274 valence electrons. The van der Waals surface area contributed by atoms with Gasteiger partial charge in [0.05, 0.1) is 0 Å². The minimum absolute atomic E-state index is 0.402. The third-order valence-electron chi connectivity index (χ3n) is 11.3. The number of nitriles is 1. The van der Waals surface area contributed by atoms with Crippen LogP contribution < -0.4 is 9.80 Å². The standard InChI is InChI=1S/C53H35N3O2/c1-33-11-9-17-41(23-33)55(39-13-5-3-6-14-39)43-21-19-35-27-45-47-31-48-46-28-36-20-22-44(56(40-15-7-4-8-16-40)42-18-10-12-34(2)24-42)26-38(36)30-51(46)58-53(48)49(32-54)52(47)57-50(45)29-37(35)25-43/h3-31H,1-2H3. The van der Waals surface area contributed by atoms with Gasteiger partial charge in [-0.2, -0.15) is 5.26 Å². The molecule has 0 amide bonds. The first-order valence-corrected chi connectivity index (χ1v) is 19.5. The number of hydrogen-bond donors (Lipinski definition) is 0. The molecule has 5 heteroatoms. The average molecular weight is 746 g/mol. The Morgan fingerprint density at radius 3 is 1.24 bits per heavy atom. The van der Waals surface area contributed by atoms with Crippen molar-refractivity contribution in [3.05, 3.63) is 193 Å². The Hall–Kier alpha value is -7.81. The Labute approximate surface area is 334 Å². The van der Waals surface area contributed by atoms with Crippen molar-refractivity contribution in [2.75, 3.05) is 9.80 Å². The van der Waals surface area contributed by atoms with Gasteiger partial charge in [-0.25, -0.2) is 0 Å². The van der Waals surface area contributed by atoms with Crippen LogP contribution >= 0.6 is 0 Å². The zero-order chi connectivity index (χ0) is 38.9. The van der Waals surface area contributed by atoms with Gasteiger partial charge in [0, 0.05) is 55.7 Å². The number of furan rings is 2. The summed E-state index contributed by atoms with van der Waals surface area (Å²) in [5.41, 5.74) is 11.7. The van der Waals surface area contributed by atoms with E-state index in [1.54, 1.807) is 0 Å². The fourth-order valence-electron chi connectivity index (χ4n) is 8.56. The minimum atomic E-state index is 0.402. The first-order chi connectivity index (χ1) is 28.5. The molecule has 0 unspecified atom stereocenters. The first-order valence-electron chi connectivity index (χ1n) is 19.5. The molecule has 0 saturated heterocycles. The monoisotopic (exact) mass is 745 g/mol. The molecule has 0 bridgehead atoms. The molecule has 0 aliphatic heterocycles. The summed E-state index contributed by atoms with van der Waals surface area (Å²) in [6.45, 7) is 4.23. The van der Waals surface area contributed by atoms with Crippen LogP contribution in [0, 0.1) is 25.2 Å². The lowest BCUT2D eigenvalue weighted by molar-refractivity contribution is 0.654. The summed E-state index contributed by atoms with van der Waals surface area (Å²) in [4.78, 5) is 4.55. The normalized spacial score (nSPS) is 11.6. The second-order valence-corrected chi connectivity index (χ2v) is 15.1. The number of hydrogen-bond acceptors (Lipinski definition) is 5. The molecule has 0 atom stereocenters. The first kappa shape index (κ1) is 33.5. The molecule has 0 saturated carbocycles. The maximum Gasteiger partial charge on any atom is 0.157 e. The van der Waals surface area contributed by atoms with E-state index in [0.29, 0.717) is 16.7 Å². The molecule has 9 aromatic carbocycles. The fraction of sp³-hybridized carbons (Fsp3) is 0.0377. The molecule has 2 heterocycles. The Balaban J connectivity index is 1.04. The van der Waals surface area contributed by atoms with Gasteiger partial charge < -0.3 is 18.6 Å². The predicted molar refractivity (Wildman–Crippen MR) is 240 cm³/mol. The maximum atomic E-state index is 10.6. The minimum Gasteiger partial charge on any atom is -0.454 e. The summed E-state index contributed by atoms with van der Waals surface area (Å²) >= 11 is 0. The van der Waals surface area contributed by atoms with Gasteiger partial charge in [0.2, 0.25) is 0 Å². The van der Waals surface area contributed by atoms with Crippen LogP contribution in [0.3, 0.4) is 0 Å². The summed E-state index contributed by atoms with van der Waals surface area (Å²) in [6.07, 6.45) is 0. The summed E-state index contributed by atoms with van der Waals surface area (Å²) in [5.74, 6) is 0. The molecule has 0 radical (unpaired) electrons.